The second-order valence-corrected chi connectivity index (χ2v) is 12.1. The van der Waals surface area contributed by atoms with E-state index in [4.69, 9.17) is 4.74 Å². The van der Waals surface area contributed by atoms with Crippen molar-refractivity contribution < 1.29 is 14.3 Å². The summed E-state index contributed by atoms with van der Waals surface area (Å²) in [4.78, 5) is 24.3. The molecule has 5 aliphatic rings. The van der Waals surface area contributed by atoms with Gasteiger partial charge in [-0.1, -0.05) is 33.8 Å². The SMILES string of the molecule is CC1CCC(C(C)C2CCC3C4CCC5CC(=O)C=CC5(C)C4CCC23C)OC1=O. The standard InChI is InChI=1S/C27H40O3/c1-16-5-10-24(30-25(16)29)17(2)21-8-9-22-20-7-6-18-15-19(28)11-13-26(18,3)23(20)12-14-27(21,22)4/h11,13,16-18,20-24H,5-10,12,14-15H2,1-4H3. The van der Waals surface area contributed by atoms with Crippen LogP contribution in [-0.4, -0.2) is 17.9 Å². The molecule has 1 aliphatic heterocycles. The predicted octanol–water partition coefficient (Wildman–Crippen LogP) is 5.97. The fraction of sp³-hybridized carbons (Fsp3) is 0.852. The molecule has 0 bridgehead atoms. The van der Waals surface area contributed by atoms with Gasteiger partial charge in [0, 0.05) is 6.42 Å². The van der Waals surface area contributed by atoms with E-state index in [-0.39, 0.29) is 23.4 Å². The molecule has 3 heteroatoms. The Morgan fingerprint density at radius 1 is 1.00 bits per heavy atom. The average molecular weight is 413 g/mol. The monoisotopic (exact) mass is 412 g/mol. The normalized spacial score (nSPS) is 51.5. The number of rotatable bonds is 2. The number of esters is 1. The van der Waals surface area contributed by atoms with Crippen LogP contribution in [0.1, 0.15) is 85.5 Å². The Hall–Kier alpha value is -1.12. The van der Waals surface area contributed by atoms with E-state index in [0.717, 1.165) is 37.0 Å². The zero-order valence-electron chi connectivity index (χ0n) is 19.4. The fourth-order valence-electron chi connectivity index (χ4n) is 9.02. The Bertz CT molecular complexity index is 755. The molecular formula is C27H40O3. The highest BCUT2D eigenvalue weighted by Crippen LogP contribution is 2.67. The van der Waals surface area contributed by atoms with Crippen molar-refractivity contribution in [2.75, 3.05) is 0 Å². The highest BCUT2D eigenvalue weighted by Gasteiger charge is 2.60. The van der Waals surface area contributed by atoms with Gasteiger partial charge in [-0.25, -0.2) is 0 Å². The van der Waals surface area contributed by atoms with Crippen LogP contribution >= 0.6 is 0 Å². The lowest BCUT2D eigenvalue weighted by Gasteiger charge is -2.59. The van der Waals surface area contributed by atoms with Gasteiger partial charge in [0.05, 0.1) is 5.92 Å². The number of hydrogen-bond donors (Lipinski definition) is 0. The number of ether oxygens (including phenoxy) is 1. The van der Waals surface area contributed by atoms with Gasteiger partial charge in [0.2, 0.25) is 0 Å². The molecule has 3 saturated carbocycles. The van der Waals surface area contributed by atoms with Crippen LogP contribution in [0.15, 0.2) is 12.2 Å². The lowest BCUT2D eigenvalue weighted by molar-refractivity contribution is -0.166. The van der Waals surface area contributed by atoms with Crippen LogP contribution in [0.5, 0.6) is 0 Å². The van der Waals surface area contributed by atoms with E-state index in [1.165, 1.54) is 38.5 Å². The molecule has 10 atom stereocenters. The van der Waals surface area contributed by atoms with Crippen molar-refractivity contribution in [3.63, 3.8) is 0 Å². The summed E-state index contributed by atoms with van der Waals surface area (Å²) in [6.07, 6.45) is 14.9. The van der Waals surface area contributed by atoms with Gasteiger partial charge in [0.15, 0.2) is 5.78 Å². The second-order valence-electron chi connectivity index (χ2n) is 12.1. The Morgan fingerprint density at radius 2 is 1.80 bits per heavy atom. The summed E-state index contributed by atoms with van der Waals surface area (Å²) in [5, 5.41) is 0. The number of allylic oxidation sites excluding steroid dienone is 2. The number of carbonyl (C=O) groups is 2. The highest BCUT2D eigenvalue weighted by molar-refractivity contribution is 5.91. The van der Waals surface area contributed by atoms with Crippen LogP contribution in [0.3, 0.4) is 0 Å². The van der Waals surface area contributed by atoms with E-state index in [9.17, 15) is 9.59 Å². The Morgan fingerprint density at radius 3 is 2.57 bits per heavy atom. The zero-order valence-corrected chi connectivity index (χ0v) is 19.4. The number of hydrogen-bond acceptors (Lipinski definition) is 3. The third-order valence-electron chi connectivity index (χ3n) is 10.9. The predicted molar refractivity (Wildman–Crippen MR) is 118 cm³/mol. The molecule has 10 unspecified atom stereocenters. The zero-order chi connectivity index (χ0) is 21.3. The van der Waals surface area contributed by atoms with Gasteiger partial charge < -0.3 is 4.74 Å². The highest BCUT2D eigenvalue weighted by atomic mass is 16.5. The van der Waals surface area contributed by atoms with E-state index in [2.05, 4.69) is 26.8 Å². The minimum absolute atomic E-state index is 0.0198. The third kappa shape index (κ3) is 2.97. The quantitative estimate of drug-likeness (QED) is 0.525. The molecule has 0 aromatic carbocycles. The summed E-state index contributed by atoms with van der Waals surface area (Å²) < 4.78 is 5.92. The molecule has 0 N–H and O–H groups in total. The van der Waals surface area contributed by atoms with Crippen molar-refractivity contribution in [2.45, 2.75) is 91.6 Å². The molecule has 166 valence electrons. The molecule has 0 spiro atoms. The fourth-order valence-corrected chi connectivity index (χ4v) is 9.02. The lowest BCUT2D eigenvalue weighted by Crippen LogP contribution is -2.53. The molecular weight excluding hydrogens is 372 g/mol. The first kappa shape index (κ1) is 20.8. The smallest absolute Gasteiger partial charge is 0.308 e. The average Bonchev–Trinajstić information content (AvgIpc) is 3.07. The van der Waals surface area contributed by atoms with Crippen LogP contribution in [0, 0.1) is 52.3 Å². The van der Waals surface area contributed by atoms with Crippen LogP contribution in [0.2, 0.25) is 0 Å². The van der Waals surface area contributed by atoms with E-state index in [1.807, 2.05) is 13.0 Å². The van der Waals surface area contributed by atoms with Gasteiger partial charge in [-0.2, -0.15) is 0 Å². The van der Waals surface area contributed by atoms with Crippen LogP contribution in [-0.2, 0) is 14.3 Å². The topological polar surface area (TPSA) is 43.4 Å². The van der Waals surface area contributed by atoms with Crippen molar-refractivity contribution in [3.05, 3.63) is 12.2 Å². The van der Waals surface area contributed by atoms with Gasteiger partial charge in [-0.3, -0.25) is 9.59 Å². The molecule has 0 aromatic heterocycles. The van der Waals surface area contributed by atoms with Gasteiger partial charge >= 0.3 is 5.97 Å². The minimum Gasteiger partial charge on any atom is -0.462 e. The van der Waals surface area contributed by atoms with Crippen LogP contribution in [0.25, 0.3) is 0 Å². The second kappa shape index (κ2) is 7.20. The molecule has 4 aliphatic carbocycles. The molecule has 3 nitrogen and oxygen atoms in total. The molecule has 1 heterocycles. The van der Waals surface area contributed by atoms with Gasteiger partial charge in [0.25, 0.3) is 0 Å². The van der Waals surface area contributed by atoms with Crippen molar-refractivity contribution in [3.8, 4) is 0 Å². The van der Waals surface area contributed by atoms with Gasteiger partial charge in [0.1, 0.15) is 6.10 Å². The Kier molecular flexibility index (Phi) is 4.99. The van der Waals surface area contributed by atoms with Gasteiger partial charge in [-0.05, 0) is 104 Å². The molecule has 0 aromatic rings. The lowest BCUT2D eigenvalue weighted by atomic mass is 9.45. The van der Waals surface area contributed by atoms with Crippen LogP contribution < -0.4 is 0 Å². The summed E-state index contributed by atoms with van der Waals surface area (Å²) in [6.45, 7) is 9.40. The summed E-state index contributed by atoms with van der Waals surface area (Å²) in [7, 11) is 0. The number of cyclic esters (lactones) is 1. The largest absolute Gasteiger partial charge is 0.462 e. The van der Waals surface area contributed by atoms with Crippen molar-refractivity contribution in [1.29, 1.82) is 0 Å². The van der Waals surface area contributed by atoms with E-state index in [0.29, 0.717) is 29.0 Å². The maximum absolute atomic E-state index is 12.2. The summed E-state index contributed by atoms with van der Waals surface area (Å²) in [6, 6.07) is 0. The molecule has 30 heavy (non-hydrogen) atoms. The first-order valence-corrected chi connectivity index (χ1v) is 12.7. The number of fused-ring (bicyclic) bond motifs is 5. The van der Waals surface area contributed by atoms with Crippen molar-refractivity contribution in [1.82, 2.24) is 0 Å². The molecule has 0 radical (unpaired) electrons. The van der Waals surface area contributed by atoms with Crippen LogP contribution in [0.4, 0.5) is 0 Å². The van der Waals surface area contributed by atoms with Crippen molar-refractivity contribution in [2.24, 2.45) is 52.3 Å². The van der Waals surface area contributed by atoms with Gasteiger partial charge in [-0.15, -0.1) is 0 Å². The summed E-state index contributed by atoms with van der Waals surface area (Å²) in [5.41, 5.74) is 0.602. The van der Waals surface area contributed by atoms with E-state index < -0.39 is 0 Å². The maximum atomic E-state index is 12.2. The molecule has 0 amide bonds. The first-order chi connectivity index (χ1) is 14.2. The summed E-state index contributed by atoms with van der Waals surface area (Å²) in [5.74, 6) is 4.45. The number of carbonyl (C=O) groups excluding carboxylic acids is 2. The molecule has 4 fully saturated rings. The van der Waals surface area contributed by atoms with E-state index >= 15 is 0 Å². The summed E-state index contributed by atoms with van der Waals surface area (Å²) >= 11 is 0. The molecule has 1 saturated heterocycles. The maximum Gasteiger partial charge on any atom is 0.308 e. The van der Waals surface area contributed by atoms with E-state index in [1.54, 1.807) is 0 Å². The third-order valence-corrected chi connectivity index (χ3v) is 10.9. The van der Waals surface area contributed by atoms with Crippen molar-refractivity contribution >= 4 is 11.8 Å². The first-order valence-electron chi connectivity index (χ1n) is 12.7. The minimum atomic E-state index is 0.0198. The Labute approximate surface area is 182 Å². The Balaban J connectivity index is 1.36. The number of ketones is 1. The molecule has 5 rings (SSSR count).